The van der Waals surface area contributed by atoms with E-state index in [1.54, 1.807) is 0 Å². The fourth-order valence-electron chi connectivity index (χ4n) is 4.55. The Morgan fingerprint density at radius 2 is 1.65 bits per heavy atom. The first-order chi connectivity index (χ1) is 11.4. The van der Waals surface area contributed by atoms with Crippen LogP contribution in [-0.2, 0) is 12.8 Å². The number of rotatable bonds is 0. The van der Waals surface area contributed by atoms with Crippen LogP contribution < -0.4 is 10.4 Å². The quantitative estimate of drug-likeness (QED) is 0.385. The highest BCUT2D eigenvalue weighted by Gasteiger charge is 2.27. The van der Waals surface area contributed by atoms with Crippen molar-refractivity contribution in [2.75, 3.05) is 0 Å². The molecule has 0 spiro atoms. The maximum absolute atomic E-state index is 2.44. The molecule has 106 valence electrons. The molecule has 0 N–H and O–H groups in total. The molecule has 0 radical (unpaired) electrons. The van der Waals surface area contributed by atoms with E-state index in [0.29, 0.717) is 0 Å². The van der Waals surface area contributed by atoms with Gasteiger partial charge in [0, 0.05) is 41.7 Å². The average molecular weight is 291 g/mol. The van der Waals surface area contributed by atoms with Gasteiger partial charge in [-0.3, -0.25) is 0 Å². The molecule has 23 heavy (non-hydrogen) atoms. The first-order valence-electron chi connectivity index (χ1n) is 8.30. The largest absolute Gasteiger partial charge is 0.108 e. The molecule has 3 aliphatic carbocycles. The molecular formula is C23H15+. The summed E-state index contributed by atoms with van der Waals surface area (Å²) < 4.78 is 0. The van der Waals surface area contributed by atoms with Crippen LogP contribution in [0.3, 0.4) is 0 Å². The minimum absolute atomic E-state index is 1.05. The van der Waals surface area contributed by atoms with Crippen LogP contribution in [0.25, 0.3) is 12.2 Å². The Labute approximate surface area is 134 Å². The fraction of sp³-hybridized carbons (Fsp3) is 0.0870. The molecule has 0 bridgehead atoms. The summed E-state index contributed by atoms with van der Waals surface area (Å²) in [7, 11) is 0. The maximum Gasteiger partial charge on any atom is 0.108 e. The van der Waals surface area contributed by atoms with Crippen molar-refractivity contribution >= 4 is 12.2 Å². The van der Waals surface area contributed by atoms with E-state index in [4.69, 9.17) is 0 Å². The van der Waals surface area contributed by atoms with Crippen LogP contribution in [0.2, 0.25) is 0 Å². The Bertz CT molecular complexity index is 1230. The average Bonchev–Trinajstić information content (AvgIpc) is 2.96. The molecule has 3 aliphatic rings. The van der Waals surface area contributed by atoms with Gasteiger partial charge in [0.2, 0.25) is 0 Å². The van der Waals surface area contributed by atoms with Crippen LogP contribution in [-0.4, -0.2) is 0 Å². The van der Waals surface area contributed by atoms with Gasteiger partial charge in [-0.25, -0.2) is 0 Å². The van der Waals surface area contributed by atoms with Crippen LogP contribution in [0.4, 0.5) is 0 Å². The Hall–Kier alpha value is -2.73. The second-order valence-electron chi connectivity index (χ2n) is 6.80. The third-order valence-corrected chi connectivity index (χ3v) is 5.57. The van der Waals surface area contributed by atoms with Crippen molar-refractivity contribution in [3.63, 3.8) is 0 Å². The minimum Gasteiger partial charge on any atom is -0.0619 e. The van der Waals surface area contributed by atoms with Gasteiger partial charge in [0.15, 0.2) is 0 Å². The molecule has 0 saturated heterocycles. The molecule has 0 unspecified atom stereocenters. The molecule has 0 saturated carbocycles. The topological polar surface area (TPSA) is 0 Å². The predicted molar refractivity (Wildman–Crippen MR) is 93.3 cm³/mol. The van der Waals surface area contributed by atoms with Crippen LogP contribution >= 0.6 is 0 Å². The standard InChI is InChI=1S/C23H15/c1-2-5-16-13-21-18(10-15(16)4-1)12-19-11-17-7-3-6-14-8-9-20(21)23(19)22(14)17/h1-10,12H,11,13H2/q+1. The zero-order valence-corrected chi connectivity index (χ0v) is 12.8. The van der Waals surface area contributed by atoms with E-state index < -0.39 is 0 Å². The van der Waals surface area contributed by atoms with Gasteiger partial charge in [-0.2, -0.15) is 0 Å². The Balaban J connectivity index is 1.82. The summed E-state index contributed by atoms with van der Waals surface area (Å²) in [4.78, 5) is 0. The van der Waals surface area contributed by atoms with Gasteiger partial charge < -0.3 is 0 Å². The molecule has 0 fully saturated rings. The maximum atomic E-state index is 2.44. The van der Waals surface area contributed by atoms with Crippen molar-refractivity contribution < 1.29 is 0 Å². The lowest BCUT2D eigenvalue weighted by Gasteiger charge is -2.14. The van der Waals surface area contributed by atoms with E-state index in [2.05, 4.69) is 67.1 Å². The Morgan fingerprint density at radius 1 is 0.739 bits per heavy atom. The zero-order valence-electron chi connectivity index (χ0n) is 12.8. The first kappa shape index (κ1) is 11.8. The molecule has 3 aromatic carbocycles. The Morgan fingerprint density at radius 3 is 2.65 bits per heavy atom. The molecule has 0 nitrogen and oxygen atoms in total. The van der Waals surface area contributed by atoms with Gasteiger partial charge in [-0.15, -0.1) is 0 Å². The third kappa shape index (κ3) is 1.44. The third-order valence-electron chi connectivity index (χ3n) is 5.57. The van der Waals surface area contributed by atoms with Crippen LogP contribution in [0.1, 0.15) is 33.4 Å². The van der Waals surface area contributed by atoms with E-state index in [0.717, 1.165) is 12.8 Å². The zero-order chi connectivity index (χ0) is 15.0. The van der Waals surface area contributed by atoms with Crippen molar-refractivity contribution in [2.24, 2.45) is 0 Å². The highest BCUT2D eigenvalue weighted by atomic mass is 14.2. The number of fused-ring (bicyclic) bond motifs is 3. The summed E-state index contributed by atoms with van der Waals surface area (Å²) in [5, 5.41) is 5.79. The van der Waals surface area contributed by atoms with Gasteiger partial charge in [0.1, 0.15) is 5.56 Å². The van der Waals surface area contributed by atoms with Gasteiger partial charge in [0.05, 0.1) is 15.7 Å². The molecular weight excluding hydrogens is 276 g/mol. The van der Waals surface area contributed by atoms with E-state index >= 15 is 0 Å². The monoisotopic (exact) mass is 291 g/mol. The van der Waals surface area contributed by atoms with Gasteiger partial charge in [-0.1, -0.05) is 36.4 Å². The smallest absolute Gasteiger partial charge is 0.0619 e. The van der Waals surface area contributed by atoms with Crippen molar-refractivity contribution in [1.29, 1.82) is 0 Å². The number of hydrogen-bond acceptors (Lipinski definition) is 0. The molecule has 0 aromatic heterocycles. The Kier molecular flexibility index (Phi) is 2.03. The second kappa shape index (κ2) is 3.97. The van der Waals surface area contributed by atoms with E-state index in [-0.39, 0.29) is 0 Å². The van der Waals surface area contributed by atoms with Crippen molar-refractivity contribution in [2.45, 2.75) is 12.8 Å². The summed E-state index contributed by atoms with van der Waals surface area (Å²) in [6, 6.07) is 18.0. The number of hydrogen-bond donors (Lipinski definition) is 0. The predicted octanol–water partition coefficient (Wildman–Crippen LogP) is 2.96. The van der Waals surface area contributed by atoms with Crippen LogP contribution in [0.5, 0.6) is 0 Å². The van der Waals surface area contributed by atoms with Crippen LogP contribution in [0, 0.1) is 16.9 Å². The molecule has 0 amide bonds. The molecule has 0 heterocycles. The van der Waals surface area contributed by atoms with E-state index in [1.807, 2.05) is 0 Å². The van der Waals surface area contributed by atoms with E-state index in [1.165, 1.54) is 54.3 Å². The van der Waals surface area contributed by atoms with Gasteiger partial charge >= 0.3 is 0 Å². The summed E-state index contributed by atoms with van der Waals surface area (Å²) in [5.74, 6) is 0. The van der Waals surface area contributed by atoms with Gasteiger partial charge in [-0.05, 0) is 34.9 Å². The van der Waals surface area contributed by atoms with Gasteiger partial charge in [0.25, 0.3) is 0 Å². The molecule has 0 heteroatoms. The normalized spacial score (nSPS) is 14.8. The summed E-state index contributed by atoms with van der Waals surface area (Å²) >= 11 is 0. The van der Waals surface area contributed by atoms with Crippen LogP contribution in [0.15, 0.2) is 48.5 Å². The minimum atomic E-state index is 1.05. The highest BCUT2D eigenvalue weighted by Crippen LogP contribution is 2.29. The van der Waals surface area contributed by atoms with Crippen molar-refractivity contribution in [3.05, 3.63) is 109 Å². The summed E-state index contributed by atoms with van der Waals surface area (Å²) in [5.41, 5.74) is 8.77. The molecule has 0 aliphatic heterocycles. The van der Waals surface area contributed by atoms with E-state index in [9.17, 15) is 0 Å². The lowest BCUT2D eigenvalue weighted by Crippen LogP contribution is -2.20. The SMILES string of the molecule is C1=c2cc3c4c(c2Cc2ccccc21)[CH+]C=c1cccc(c1=4)C3. The molecule has 3 aromatic rings. The summed E-state index contributed by atoms with van der Waals surface area (Å²) in [6.45, 7) is 0. The summed E-state index contributed by atoms with van der Waals surface area (Å²) in [6.07, 6.45) is 9.15. The highest BCUT2D eigenvalue weighted by molar-refractivity contribution is 5.66. The first-order valence-corrected chi connectivity index (χ1v) is 8.30. The number of benzene rings is 3. The fourth-order valence-corrected chi connectivity index (χ4v) is 4.55. The van der Waals surface area contributed by atoms with Crippen molar-refractivity contribution in [3.8, 4) is 0 Å². The molecule has 6 rings (SSSR count). The lowest BCUT2D eigenvalue weighted by atomic mass is 9.85. The molecule has 0 atom stereocenters. The lowest BCUT2D eigenvalue weighted by molar-refractivity contribution is 1.10. The van der Waals surface area contributed by atoms with Crippen molar-refractivity contribution in [1.82, 2.24) is 0 Å². The second-order valence-corrected chi connectivity index (χ2v) is 6.80.